The quantitative estimate of drug-likeness (QED) is 0.359. The third-order valence-corrected chi connectivity index (χ3v) is 9.57. The van der Waals surface area contributed by atoms with E-state index < -0.39 is 9.84 Å². The van der Waals surface area contributed by atoms with Gasteiger partial charge in [-0.3, -0.25) is 14.6 Å². The molecule has 36 heavy (non-hydrogen) atoms. The number of hydrogen-bond acceptors (Lipinski definition) is 7. The monoisotopic (exact) mass is 549 g/mol. The minimum absolute atomic E-state index is 0.0970. The van der Waals surface area contributed by atoms with Gasteiger partial charge in [-0.1, -0.05) is 22.9 Å². The molecule has 0 radical (unpaired) electrons. The Morgan fingerprint density at radius 3 is 2.53 bits per heavy atom. The van der Waals surface area contributed by atoms with Crippen LogP contribution < -0.4 is 4.90 Å². The second-order valence-corrected chi connectivity index (χ2v) is 12.7. The van der Waals surface area contributed by atoms with Crippen LogP contribution in [-0.2, 0) is 19.4 Å². The predicted molar refractivity (Wildman–Crippen MR) is 146 cm³/mol. The Morgan fingerprint density at radius 2 is 1.81 bits per heavy atom. The van der Waals surface area contributed by atoms with Gasteiger partial charge in [0.05, 0.1) is 34.1 Å². The molecule has 0 unspecified atom stereocenters. The van der Waals surface area contributed by atoms with Crippen LogP contribution in [0.25, 0.3) is 10.2 Å². The van der Waals surface area contributed by atoms with Crippen LogP contribution in [-0.4, -0.2) is 69.4 Å². The Kier molecular flexibility index (Phi) is 9.00. The highest BCUT2D eigenvalue weighted by molar-refractivity contribution is 7.91. The van der Waals surface area contributed by atoms with Crippen molar-refractivity contribution in [2.24, 2.45) is 0 Å². The molecule has 3 aromatic rings. The number of ether oxygens (including phenoxy) is 1. The number of rotatable bonds is 10. The van der Waals surface area contributed by atoms with Gasteiger partial charge in [-0.05, 0) is 74.2 Å². The number of sulfone groups is 1. The largest absolute Gasteiger partial charge is 0.379 e. The second-order valence-electron chi connectivity index (χ2n) is 9.13. The van der Waals surface area contributed by atoms with Gasteiger partial charge in [0, 0.05) is 37.6 Å². The van der Waals surface area contributed by atoms with E-state index in [2.05, 4.69) is 30.9 Å². The van der Waals surface area contributed by atoms with Crippen molar-refractivity contribution < 1.29 is 17.9 Å². The average molecular weight is 550 g/mol. The molecule has 1 fully saturated rings. The zero-order valence-electron chi connectivity index (χ0n) is 20.7. The Balaban J connectivity index is 1.45. The normalized spacial score (nSPS) is 14.9. The fourth-order valence-corrected chi connectivity index (χ4v) is 6.72. The number of aromatic nitrogens is 1. The lowest BCUT2D eigenvalue weighted by molar-refractivity contribution is -0.118. The van der Waals surface area contributed by atoms with Crippen LogP contribution in [0, 0.1) is 13.8 Å². The lowest BCUT2D eigenvalue weighted by Crippen LogP contribution is -2.39. The van der Waals surface area contributed by atoms with E-state index in [4.69, 9.17) is 21.3 Å². The summed E-state index contributed by atoms with van der Waals surface area (Å²) in [6, 6.07) is 10.3. The first-order chi connectivity index (χ1) is 17.2. The van der Waals surface area contributed by atoms with Gasteiger partial charge >= 0.3 is 0 Å². The fourth-order valence-electron chi connectivity index (χ4n) is 4.20. The number of carbonyl (C=O) groups excluding carboxylic acids is 1. The summed E-state index contributed by atoms with van der Waals surface area (Å²) in [6.45, 7) is 8.81. The van der Waals surface area contributed by atoms with E-state index in [0.717, 1.165) is 55.0 Å². The Labute approximate surface area is 221 Å². The molecule has 1 aliphatic rings. The molecule has 1 aromatic heterocycles. The van der Waals surface area contributed by atoms with Crippen molar-refractivity contribution in [2.45, 2.75) is 38.0 Å². The van der Waals surface area contributed by atoms with Crippen LogP contribution in [0.1, 0.15) is 30.4 Å². The number of anilines is 1. The molecule has 0 spiro atoms. The maximum atomic E-state index is 13.4. The van der Waals surface area contributed by atoms with Crippen molar-refractivity contribution in [1.82, 2.24) is 9.88 Å². The Hall–Kier alpha value is -2.04. The van der Waals surface area contributed by atoms with E-state index in [-0.39, 0.29) is 29.4 Å². The third kappa shape index (κ3) is 6.83. The van der Waals surface area contributed by atoms with E-state index in [1.165, 1.54) is 29.0 Å². The van der Waals surface area contributed by atoms with Gasteiger partial charge < -0.3 is 4.74 Å². The number of morpholine rings is 1. The maximum absolute atomic E-state index is 13.4. The number of benzene rings is 2. The van der Waals surface area contributed by atoms with Crippen LogP contribution in [0.3, 0.4) is 0 Å². The van der Waals surface area contributed by atoms with Gasteiger partial charge in [-0.2, -0.15) is 0 Å². The van der Waals surface area contributed by atoms with Gasteiger partial charge in [0.2, 0.25) is 5.91 Å². The topological polar surface area (TPSA) is 79.8 Å². The first kappa shape index (κ1) is 27.0. The number of hydrogen-bond donors (Lipinski definition) is 0. The minimum atomic E-state index is -3.49. The predicted octanol–water partition coefficient (Wildman–Crippen LogP) is 4.88. The number of carbonyl (C=O) groups is 1. The number of nitrogens with zero attached hydrogens (tertiary/aromatic N) is 3. The van der Waals surface area contributed by atoms with Crippen LogP contribution in [0.4, 0.5) is 5.13 Å². The van der Waals surface area contributed by atoms with E-state index in [1.54, 1.807) is 17.0 Å². The Bertz CT molecular complexity index is 1260. The molecular weight excluding hydrogens is 518 g/mol. The molecule has 0 atom stereocenters. The summed E-state index contributed by atoms with van der Waals surface area (Å²) in [5.74, 6) is -0.198. The molecular formula is C26H32ClN3O4S2. The summed E-state index contributed by atoms with van der Waals surface area (Å²) in [6.07, 6.45) is 1.19. The smallest absolute Gasteiger partial charge is 0.228 e. The minimum Gasteiger partial charge on any atom is -0.379 e. The van der Waals surface area contributed by atoms with Gasteiger partial charge in [0.1, 0.15) is 0 Å². The molecule has 0 N–H and O–H groups in total. The fraction of sp³-hybridized carbons (Fsp3) is 0.462. The zero-order valence-corrected chi connectivity index (χ0v) is 23.1. The molecule has 1 amide bonds. The van der Waals surface area contributed by atoms with Crippen molar-refractivity contribution in [1.29, 1.82) is 0 Å². The summed E-state index contributed by atoms with van der Waals surface area (Å²) >= 11 is 7.39. The number of amides is 1. The molecule has 10 heteroatoms. The van der Waals surface area contributed by atoms with Crippen molar-refractivity contribution in [3.63, 3.8) is 0 Å². The van der Waals surface area contributed by atoms with Gasteiger partial charge in [0.15, 0.2) is 15.0 Å². The second kappa shape index (κ2) is 12.0. The van der Waals surface area contributed by atoms with E-state index in [9.17, 15) is 13.2 Å². The van der Waals surface area contributed by atoms with E-state index >= 15 is 0 Å². The molecule has 2 aromatic carbocycles. The standard InChI is InChI=1S/C26H32ClN3O4S2/c1-19-17-23-24(18-20(19)2)35-26(28-23)30(11-4-10-29-12-14-34-15-13-29)25(31)5-3-16-36(32,33)22-8-6-21(27)7-9-22/h6-9,17-18H,3-5,10-16H2,1-2H3. The molecule has 0 bridgehead atoms. The molecule has 2 heterocycles. The lowest BCUT2D eigenvalue weighted by atomic mass is 10.1. The molecule has 1 saturated heterocycles. The van der Waals surface area contributed by atoms with Crippen molar-refractivity contribution >= 4 is 54.0 Å². The maximum Gasteiger partial charge on any atom is 0.228 e. The molecule has 7 nitrogen and oxygen atoms in total. The Morgan fingerprint density at radius 1 is 1.11 bits per heavy atom. The van der Waals surface area contributed by atoms with Gasteiger partial charge in [-0.25, -0.2) is 13.4 Å². The SMILES string of the molecule is Cc1cc2nc(N(CCCN3CCOCC3)C(=O)CCCS(=O)(=O)c3ccc(Cl)cc3)sc2cc1C. The molecule has 4 rings (SSSR count). The first-order valence-corrected chi connectivity index (χ1v) is 15.0. The number of fused-ring (bicyclic) bond motifs is 1. The van der Waals surface area contributed by atoms with Crippen LogP contribution in [0.2, 0.25) is 5.02 Å². The van der Waals surface area contributed by atoms with E-state index in [0.29, 0.717) is 16.7 Å². The summed E-state index contributed by atoms with van der Waals surface area (Å²) in [5, 5.41) is 1.15. The molecule has 0 saturated carbocycles. The van der Waals surface area contributed by atoms with Gasteiger partial charge in [0.25, 0.3) is 0 Å². The summed E-state index contributed by atoms with van der Waals surface area (Å²) in [5.41, 5.74) is 3.24. The summed E-state index contributed by atoms with van der Waals surface area (Å²) in [7, 11) is -3.49. The highest BCUT2D eigenvalue weighted by Crippen LogP contribution is 2.31. The molecule has 1 aliphatic heterocycles. The summed E-state index contributed by atoms with van der Waals surface area (Å²) < 4.78 is 31.9. The number of halogens is 1. The van der Waals surface area contributed by atoms with Crippen molar-refractivity contribution in [3.8, 4) is 0 Å². The molecule has 0 aliphatic carbocycles. The van der Waals surface area contributed by atoms with Crippen LogP contribution in [0.5, 0.6) is 0 Å². The third-order valence-electron chi connectivity index (χ3n) is 6.46. The molecule has 194 valence electrons. The average Bonchev–Trinajstić information content (AvgIpc) is 3.25. The summed E-state index contributed by atoms with van der Waals surface area (Å²) in [4.78, 5) is 22.4. The van der Waals surface area contributed by atoms with Crippen LogP contribution in [0.15, 0.2) is 41.3 Å². The number of thiazole rings is 1. The van der Waals surface area contributed by atoms with Crippen LogP contribution >= 0.6 is 22.9 Å². The zero-order chi connectivity index (χ0) is 25.7. The number of aryl methyl sites for hydroxylation is 2. The first-order valence-electron chi connectivity index (χ1n) is 12.2. The van der Waals surface area contributed by atoms with E-state index in [1.807, 2.05) is 0 Å². The van der Waals surface area contributed by atoms with Crippen molar-refractivity contribution in [2.75, 3.05) is 50.0 Å². The van der Waals surface area contributed by atoms with Crippen molar-refractivity contribution in [3.05, 3.63) is 52.5 Å². The van der Waals surface area contributed by atoms with Gasteiger partial charge in [-0.15, -0.1) is 0 Å². The lowest BCUT2D eigenvalue weighted by Gasteiger charge is -2.27. The highest BCUT2D eigenvalue weighted by Gasteiger charge is 2.22. The highest BCUT2D eigenvalue weighted by atomic mass is 35.5.